The third-order valence-electron chi connectivity index (χ3n) is 2.48. The zero-order chi connectivity index (χ0) is 13.7. The van der Waals surface area contributed by atoms with Gasteiger partial charge in [0.2, 0.25) is 0 Å². The third-order valence-corrected chi connectivity index (χ3v) is 2.48. The number of aliphatic hydroxyl groups is 1. The Labute approximate surface area is 110 Å². The third kappa shape index (κ3) is 3.44. The molecule has 0 saturated heterocycles. The van der Waals surface area contributed by atoms with E-state index in [9.17, 15) is 5.11 Å². The molecule has 0 radical (unpaired) electrons. The van der Waals surface area contributed by atoms with E-state index in [4.69, 9.17) is 5.73 Å². The normalized spacial score (nSPS) is 12.2. The van der Waals surface area contributed by atoms with Gasteiger partial charge in [0, 0.05) is 12.1 Å². The van der Waals surface area contributed by atoms with Crippen LogP contribution in [0.5, 0.6) is 0 Å². The lowest BCUT2D eigenvalue weighted by molar-refractivity contribution is 0.154. The van der Waals surface area contributed by atoms with Crippen molar-refractivity contribution in [2.45, 2.75) is 13.2 Å². The lowest BCUT2D eigenvalue weighted by Gasteiger charge is -2.11. The molecule has 0 bridgehead atoms. The van der Waals surface area contributed by atoms with Gasteiger partial charge in [-0.25, -0.2) is 10.4 Å². The predicted octanol–water partition coefficient (Wildman–Crippen LogP) is 0.0406. The van der Waals surface area contributed by atoms with Gasteiger partial charge in [0.15, 0.2) is 0 Å². The van der Waals surface area contributed by atoms with Crippen LogP contribution >= 0.6 is 0 Å². The average Bonchev–Trinajstić information content (AvgIpc) is 2.45. The van der Waals surface area contributed by atoms with E-state index < -0.39 is 6.23 Å². The maximum atomic E-state index is 9.25. The molecule has 0 amide bonds. The van der Waals surface area contributed by atoms with Crippen LogP contribution in [-0.2, 0) is 0 Å². The molecule has 19 heavy (non-hydrogen) atoms. The van der Waals surface area contributed by atoms with Crippen LogP contribution in [-0.4, -0.2) is 33.1 Å². The van der Waals surface area contributed by atoms with E-state index in [0.717, 1.165) is 17.0 Å². The zero-order valence-corrected chi connectivity index (χ0v) is 10.5. The molecule has 0 aliphatic heterocycles. The molecule has 0 spiro atoms. The number of nitrogens with zero attached hydrogens (tertiary/aromatic N) is 3. The summed E-state index contributed by atoms with van der Waals surface area (Å²) in [5.74, 6) is 0.282. The molecule has 100 valence electrons. The Balaban J connectivity index is 2.14. The van der Waals surface area contributed by atoms with Crippen molar-refractivity contribution in [2.24, 2.45) is 5.73 Å². The standard InChI is InChI=1S/C12H16N6O/c1-8-11(9-5-3-2-4-6-9)16-18-12(14-8)17-15-10(19)7-13/h2-6,10,15,19H,7,13H2,1H3,(H,14,17,18). The molecule has 1 aromatic heterocycles. The monoisotopic (exact) mass is 260 g/mol. The van der Waals surface area contributed by atoms with Crippen LogP contribution in [0.4, 0.5) is 5.95 Å². The number of rotatable bonds is 5. The van der Waals surface area contributed by atoms with Crippen molar-refractivity contribution in [1.29, 1.82) is 0 Å². The van der Waals surface area contributed by atoms with Crippen LogP contribution in [0.1, 0.15) is 5.69 Å². The van der Waals surface area contributed by atoms with E-state index >= 15 is 0 Å². The van der Waals surface area contributed by atoms with Crippen molar-refractivity contribution in [2.75, 3.05) is 12.0 Å². The number of hydrogen-bond donors (Lipinski definition) is 4. The zero-order valence-electron chi connectivity index (χ0n) is 10.5. The van der Waals surface area contributed by atoms with Crippen LogP contribution in [0.2, 0.25) is 0 Å². The molecule has 2 aromatic rings. The van der Waals surface area contributed by atoms with Crippen molar-refractivity contribution in [3.63, 3.8) is 0 Å². The second-order valence-corrected chi connectivity index (χ2v) is 3.96. The summed E-state index contributed by atoms with van der Waals surface area (Å²) in [5, 5.41) is 17.3. The molecule has 0 saturated carbocycles. The fourth-order valence-corrected chi connectivity index (χ4v) is 1.53. The Morgan fingerprint density at radius 1 is 1.26 bits per heavy atom. The first-order valence-electron chi connectivity index (χ1n) is 5.87. The highest BCUT2D eigenvalue weighted by molar-refractivity contribution is 5.60. The number of aliphatic hydroxyl groups excluding tert-OH is 1. The van der Waals surface area contributed by atoms with Gasteiger partial charge in [-0.15, -0.1) is 10.2 Å². The van der Waals surface area contributed by atoms with Gasteiger partial charge in [0.1, 0.15) is 11.9 Å². The number of nitrogens with two attached hydrogens (primary N) is 1. The Morgan fingerprint density at radius 2 is 2.00 bits per heavy atom. The lowest BCUT2D eigenvalue weighted by atomic mass is 10.1. The minimum atomic E-state index is -0.863. The molecule has 1 atom stereocenters. The average molecular weight is 260 g/mol. The summed E-state index contributed by atoms with van der Waals surface area (Å²) in [6, 6.07) is 9.70. The summed E-state index contributed by atoms with van der Waals surface area (Å²) in [6.07, 6.45) is -0.863. The second kappa shape index (κ2) is 6.19. The fraction of sp³-hybridized carbons (Fsp3) is 0.250. The van der Waals surface area contributed by atoms with E-state index in [-0.39, 0.29) is 12.5 Å². The number of anilines is 1. The summed E-state index contributed by atoms with van der Waals surface area (Å²) >= 11 is 0. The molecule has 1 heterocycles. The number of aryl methyl sites for hydroxylation is 1. The smallest absolute Gasteiger partial charge is 0.257 e. The molecule has 1 aromatic carbocycles. The van der Waals surface area contributed by atoms with Gasteiger partial charge in [0.25, 0.3) is 5.95 Å². The Kier molecular flexibility index (Phi) is 4.35. The SMILES string of the molecule is Cc1nc(NNC(O)CN)nnc1-c1ccccc1. The Morgan fingerprint density at radius 3 is 2.63 bits per heavy atom. The molecular formula is C12H16N6O. The highest BCUT2D eigenvalue weighted by Crippen LogP contribution is 2.18. The summed E-state index contributed by atoms with van der Waals surface area (Å²) < 4.78 is 0. The van der Waals surface area contributed by atoms with Crippen LogP contribution in [0, 0.1) is 6.92 Å². The summed E-state index contributed by atoms with van der Waals surface area (Å²) in [6.45, 7) is 1.93. The van der Waals surface area contributed by atoms with Crippen LogP contribution in [0.3, 0.4) is 0 Å². The Bertz CT molecular complexity index is 533. The summed E-state index contributed by atoms with van der Waals surface area (Å²) in [5.41, 5.74) is 12.9. The molecule has 5 N–H and O–H groups in total. The second-order valence-electron chi connectivity index (χ2n) is 3.96. The number of benzene rings is 1. The molecule has 7 nitrogen and oxygen atoms in total. The van der Waals surface area contributed by atoms with Gasteiger partial charge < -0.3 is 10.8 Å². The first-order chi connectivity index (χ1) is 9.20. The first-order valence-corrected chi connectivity index (χ1v) is 5.87. The maximum Gasteiger partial charge on any atom is 0.257 e. The molecule has 7 heteroatoms. The number of aromatic nitrogens is 3. The number of nitrogens with one attached hydrogen (secondary N) is 2. The van der Waals surface area contributed by atoms with Gasteiger partial charge in [0.05, 0.1) is 5.69 Å². The van der Waals surface area contributed by atoms with Crippen molar-refractivity contribution in [3.8, 4) is 11.3 Å². The minimum Gasteiger partial charge on any atom is -0.376 e. The molecule has 0 aliphatic carbocycles. The molecule has 1 unspecified atom stereocenters. The lowest BCUT2D eigenvalue weighted by Crippen LogP contribution is -2.40. The van der Waals surface area contributed by atoms with Crippen LogP contribution < -0.4 is 16.6 Å². The summed E-state index contributed by atoms with van der Waals surface area (Å²) in [4.78, 5) is 4.26. The maximum absolute atomic E-state index is 9.25. The topological polar surface area (TPSA) is 109 Å². The predicted molar refractivity (Wildman–Crippen MR) is 71.8 cm³/mol. The van der Waals surface area contributed by atoms with E-state index in [0.29, 0.717) is 0 Å². The van der Waals surface area contributed by atoms with Crippen molar-refractivity contribution in [1.82, 2.24) is 20.6 Å². The first kappa shape index (κ1) is 13.3. The van der Waals surface area contributed by atoms with Crippen molar-refractivity contribution >= 4 is 5.95 Å². The molecule has 0 fully saturated rings. The summed E-state index contributed by atoms with van der Waals surface area (Å²) in [7, 11) is 0. The van der Waals surface area contributed by atoms with Gasteiger partial charge in [-0.1, -0.05) is 30.3 Å². The van der Waals surface area contributed by atoms with Crippen molar-refractivity contribution in [3.05, 3.63) is 36.0 Å². The number of hydrogen-bond acceptors (Lipinski definition) is 7. The fourth-order valence-electron chi connectivity index (χ4n) is 1.53. The molecule has 0 aliphatic rings. The Hall–Kier alpha value is -2.09. The highest BCUT2D eigenvalue weighted by atomic mass is 16.3. The largest absolute Gasteiger partial charge is 0.376 e. The van der Waals surface area contributed by atoms with Gasteiger partial charge >= 0.3 is 0 Å². The highest BCUT2D eigenvalue weighted by Gasteiger charge is 2.08. The van der Waals surface area contributed by atoms with Gasteiger partial charge in [-0.3, -0.25) is 5.43 Å². The molecular weight excluding hydrogens is 244 g/mol. The minimum absolute atomic E-state index is 0.0848. The van der Waals surface area contributed by atoms with Crippen molar-refractivity contribution < 1.29 is 5.11 Å². The quantitative estimate of drug-likeness (QED) is 0.444. The van der Waals surface area contributed by atoms with E-state index in [1.54, 1.807) is 0 Å². The van der Waals surface area contributed by atoms with E-state index in [1.165, 1.54) is 0 Å². The van der Waals surface area contributed by atoms with E-state index in [1.807, 2.05) is 37.3 Å². The number of hydrazine groups is 1. The van der Waals surface area contributed by atoms with Crippen LogP contribution in [0.25, 0.3) is 11.3 Å². The van der Waals surface area contributed by atoms with Crippen LogP contribution in [0.15, 0.2) is 30.3 Å². The van der Waals surface area contributed by atoms with Gasteiger partial charge in [-0.2, -0.15) is 0 Å². The van der Waals surface area contributed by atoms with E-state index in [2.05, 4.69) is 26.0 Å². The molecule has 2 rings (SSSR count). The van der Waals surface area contributed by atoms with Gasteiger partial charge in [-0.05, 0) is 6.92 Å².